The molecule has 0 atom stereocenters. The van der Waals surface area contributed by atoms with E-state index < -0.39 is 11.6 Å². The molecule has 0 radical (unpaired) electrons. The van der Waals surface area contributed by atoms with E-state index in [9.17, 15) is 18.4 Å². The third-order valence-electron chi connectivity index (χ3n) is 4.34. The number of ketones is 1. The Morgan fingerprint density at radius 2 is 1.69 bits per heavy atom. The van der Waals surface area contributed by atoms with Crippen LogP contribution in [0.5, 0.6) is 0 Å². The predicted octanol–water partition coefficient (Wildman–Crippen LogP) is 4.28. The van der Waals surface area contributed by atoms with Crippen LogP contribution < -0.4 is 5.56 Å². The molecule has 2 aromatic heterocycles. The number of benzene rings is 2. The summed E-state index contributed by atoms with van der Waals surface area (Å²) in [4.78, 5) is 33.0. The number of rotatable bonds is 5. The van der Waals surface area contributed by atoms with Crippen LogP contribution in [0.2, 0.25) is 0 Å². The van der Waals surface area contributed by atoms with Crippen molar-refractivity contribution in [2.45, 2.75) is 12.1 Å². The van der Waals surface area contributed by atoms with Crippen LogP contribution in [0.15, 0.2) is 64.5 Å². The number of hydrogen-bond acceptors (Lipinski definition) is 4. The zero-order valence-electron chi connectivity index (χ0n) is 15.3. The number of aromatic nitrogens is 3. The molecule has 5 nitrogen and oxygen atoms in total. The highest BCUT2D eigenvalue weighted by atomic mass is 32.2. The maximum Gasteiger partial charge on any atom is 0.283 e. The van der Waals surface area contributed by atoms with Gasteiger partial charge in [0.25, 0.3) is 5.56 Å². The molecule has 29 heavy (non-hydrogen) atoms. The van der Waals surface area contributed by atoms with Crippen molar-refractivity contribution in [1.29, 1.82) is 0 Å². The van der Waals surface area contributed by atoms with Crippen LogP contribution in [0.4, 0.5) is 8.78 Å². The first-order valence-corrected chi connectivity index (χ1v) is 9.71. The van der Waals surface area contributed by atoms with E-state index in [1.54, 1.807) is 6.07 Å². The zero-order valence-corrected chi connectivity index (χ0v) is 16.1. The number of halogens is 2. The van der Waals surface area contributed by atoms with Gasteiger partial charge in [-0.3, -0.25) is 14.2 Å². The number of carbonyl (C=O) groups is 1. The van der Waals surface area contributed by atoms with Crippen molar-refractivity contribution in [2.24, 2.45) is 0 Å². The Kier molecular flexibility index (Phi) is 5.02. The van der Waals surface area contributed by atoms with Crippen molar-refractivity contribution in [1.82, 2.24) is 14.5 Å². The van der Waals surface area contributed by atoms with Crippen LogP contribution >= 0.6 is 11.8 Å². The summed E-state index contributed by atoms with van der Waals surface area (Å²) in [5.41, 5.74) is 2.07. The fraction of sp³-hybridized carbons (Fsp3) is 0.0952. The van der Waals surface area contributed by atoms with Crippen molar-refractivity contribution in [3.05, 3.63) is 87.8 Å². The Balaban J connectivity index is 1.74. The number of Topliss-reactive ketones (excluding diaryl/α,β-unsaturated/α-hetero) is 1. The molecule has 0 fully saturated rings. The molecule has 8 heteroatoms. The normalized spacial score (nSPS) is 11.1. The number of aromatic amines is 1. The summed E-state index contributed by atoms with van der Waals surface area (Å²) >= 11 is 1.09. The largest absolute Gasteiger partial charge is 0.353 e. The van der Waals surface area contributed by atoms with Gasteiger partial charge in [0.2, 0.25) is 0 Å². The predicted molar refractivity (Wildman–Crippen MR) is 108 cm³/mol. The molecule has 4 rings (SSSR count). The van der Waals surface area contributed by atoms with E-state index in [0.717, 1.165) is 17.5 Å². The molecule has 0 bridgehead atoms. The van der Waals surface area contributed by atoms with Crippen LogP contribution in [0.1, 0.15) is 16.1 Å². The van der Waals surface area contributed by atoms with Gasteiger partial charge in [0, 0.05) is 11.3 Å². The van der Waals surface area contributed by atoms with Gasteiger partial charge in [-0.2, -0.15) is 0 Å². The topological polar surface area (TPSA) is 67.8 Å². The molecule has 146 valence electrons. The average molecular weight is 411 g/mol. The highest BCUT2D eigenvalue weighted by Gasteiger charge is 2.17. The van der Waals surface area contributed by atoms with Crippen molar-refractivity contribution in [3.63, 3.8) is 0 Å². The number of aryl methyl sites for hydroxylation is 1. The Labute approximate surface area is 168 Å². The van der Waals surface area contributed by atoms with Crippen molar-refractivity contribution in [3.8, 4) is 5.69 Å². The first kappa shape index (κ1) is 19.1. The maximum atomic E-state index is 13.3. The third kappa shape index (κ3) is 3.84. The van der Waals surface area contributed by atoms with Gasteiger partial charge in [0.15, 0.2) is 10.9 Å². The lowest BCUT2D eigenvalue weighted by Crippen LogP contribution is -2.22. The molecule has 0 unspecified atom stereocenters. The maximum absolute atomic E-state index is 13.3. The number of carbonyl (C=O) groups excluding carboxylic acids is 1. The van der Waals surface area contributed by atoms with Gasteiger partial charge in [-0.05, 0) is 61.5 Å². The molecule has 0 spiro atoms. The Bertz CT molecular complexity index is 1260. The first-order valence-electron chi connectivity index (χ1n) is 8.72. The third-order valence-corrected chi connectivity index (χ3v) is 5.28. The summed E-state index contributed by atoms with van der Waals surface area (Å²) in [6.45, 7) is 1.81. The second-order valence-corrected chi connectivity index (χ2v) is 7.39. The number of hydrogen-bond donors (Lipinski definition) is 1. The number of thioether (sulfide) groups is 1. The molecular weight excluding hydrogens is 396 g/mol. The fourth-order valence-electron chi connectivity index (χ4n) is 2.94. The second-order valence-electron chi connectivity index (χ2n) is 6.44. The molecule has 1 N–H and O–H groups in total. The number of fused-ring (bicyclic) bond motifs is 1. The summed E-state index contributed by atoms with van der Waals surface area (Å²) in [5.74, 6) is -1.06. The molecule has 0 amide bonds. The lowest BCUT2D eigenvalue weighted by Gasteiger charge is -2.12. The molecule has 0 aliphatic carbocycles. The standard InChI is InChI=1S/C21H15F2N3O2S/c1-12-10-17-19(24-12)20(28)26(16-8-6-15(23)7-9-16)21(25-17)29-11-18(27)13-2-4-14(22)5-3-13/h2-10,24H,11H2,1H3. The van der Waals surface area contributed by atoms with Gasteiger partial charge in [0.05, 0.1) is 17.0 Å². The van der Waals surface area contributed by atoms with E-state index in [4.69, 9.17) is 0 Å². The van der Waals surface area contributed by atoms with E-state index in [0.29, 0.717) is 27.4 Å². The van der Waals surface area contributed by atoms with Crippen molar-refractivity contribution in [2.75, 3.05) is 5.75 Å². The quantitative estimate of drug-likeness (QED) is 0.302. The first-order chi connectivity index (χ1) is 13.9. The van der Waals surface area contributed by atoms with E-state index >= 15 is 0 Å². The summed E-state index contributed by atoms with van der Waals surface area (Å²) in [5, 5.41) is 0.309. The van der Waals surface area contributed by atoms with E-state index in [2.05, 4.69) is 9.97 Å². The molecular formula is C21H15F2N3O2S. The number of nitrogens with one attached hydrogen (secondary N) is 1. The van der Waals surface area contributed by atoms with Gasteiger partial charge < -0.3 is 4.98 Å². The van der Waals surface area contributed by atoms with Crippen LogP contribution in [-0.4, -0.2) is 26.1 Å². The monoisotopic (exact) mass is 411 g/mol. The molecule has 0 saturated carbocycles. The van der Waals surface area contributed by atoms with Gasteiger partial charge in [-0.15, -0.1) is 0 Å². The summed E-state index contributed by atoms with van der Waals surface area (Å²) < 4.78 is 27.8. The van der Waals surface area contributed by atoms with Gasteiger partial charge in [-0.1, -0.05) is 11.8 Å². The summed E-state index contributed by atoms with van der Waals surface area (Å²) in [6.07, 6.45) is 0. The molecule has 4 aromatic rings. The minimum absolute atomic E-state index is 0.00811. The van der Waals surface area contributed by atoms with Gasteiger partial charge in [-0.25, -0.2) is 13.8 Å². The molecule has 0 aliphatic heterocycles. The van der Waals surface area contributed by atoms with Crippen molar-refractivity contribution < 1.29 is 13.6 Å². The fourth-order valence-corrected chi connectivity index (χ4v) is 3.85. The highest BCUT2D eigenvalue weighted by Crippen LogP contribution is 2.23. The lowest BCUT2D eigenvalue weighted by atomic mass is 10.1. The minimum atomic E-state index is -0.424. The molecule has 0 aliphatic rings. The van der Waals surface area contributed by atoms with Crippen molar-refractivity contribution >= 4 is 28.6 Å². The van der Waals surface area contributed by atoms with E-state index in [1.165, 1.54) is 53.1 Å². The lowest BCUT2D eigenvalue weighted by molar-refractivity contribution is 0.102. The zero-order chi connectivity index (χ0) is 20.5. The molecule has 2 aromatic carbocycles. The van der Waals surface area contributed by atoms with Crippen LogP contribution in [0.25, 0.3) is 16.7 Å². The smallest absolute Gasteiger partial charge is 0.283 e. The Morgan fingerprint density at radius 3 is 2.34 bits per heavy atom. The van der Waals surface area contributed by atoms with Crippen LogP contribution in [0.3, 0.4) is 0 Å². The van der Waals surface area contributed by atoms with Crippen LogP contribution in [-0.2, 0) is 0 Å². The molecule has 2 heterocycles. The minimum Gasteiger partial charge on any atom is -0.353 e. The number of nitrogens with zero attached hydrogens (tertiary/aromatic N) is 2. The second kappa shape index (κ2) is 7.63. The van der Waals surface area contributed by atoms with E-state index in [1.807, 2.05) is 6.92 Å². The van der Waals surface area contributed by atoms with Crippen LogP contribution in [0, 0.1) is 18.6 Å². The average Bonchev–Trinajstić information content (AvgIpc) is 3.08. The van der Waals surface area contributed by atoms with Gasteiger partial charge in [0.1, 0.15) is 17.2 Å². The Morgan fingerprint density at radius 1 is 1.07 bits per heavy atom. The highest BCUT2D eigenvalue weighted by molar-refractivity contribution is 7.99. The summed E-state index contributed by atoms with van der Waals surface area (Å²) in [6, 6.07) is 12.5. The SMILES string of the molecule is Cc1cc2nc(SCC(=O)c3ccc(F)cc3)n(-c3ccc(F)cc3)c(=O)c2[nH]1. The molecule has 0 saturated heterocycles. The Hall–Kier alpha value is -3.26. The number of H-pyrrole nitrogens is 1. The summed E-state index contributed by atoms with van der Waals surface area (Å²) in [7, 11) is 0. The van der Waals surface area contributed by atoms with Gasteiger partial charge >= 0.3 is 0 Å². The van der Waals surface area contributed by atoms with E-state index in [-0.39, 0.29) is 17.1 Å².